The molecule has 0 aromatic heterocycles. The van der Waals surface area contributed by atoms with Gasteiger partial charge >= 0.3 is 0 Å². The van der Waals surface area contributed by atoms with Gasteiger partial charge in [0, 0.05) is 36.2 Å². The molecule has 1 aromatic carbocycles. The van der Waals surface area contributed by atoms with Crippen LogP contribution in [0.25, 0.3) is 0 Å². The number of nitrogens with zero attached hydrogens (tertiary/aromatic N) is 1. The molecule has 98 valence electrons. The summed E-state index contributed by atoms with van der Waals surface area (Å²) >= 11 is 6.04. The molecule has 1 aliphatic carbocycles. The molecule has 2 aliphatic rings. The van der Waals surface area contributed by atoms with Gasteiger partial charge in [-0.2, -0.15) is 0 Å². The third-order valence-electron chi connectivity index (χ3n) is 4.12. The first kappa shape index (κ1) is 12.5. The molecule has 3 heteroatoms. The van der Waals surface area contributed by atoms with Gasteiger partial charge in [-0.25, -0.2) is 0 Å². The lowest BCUT2D eigenvalue weighted by Gasteiger charge is -2.21. The van der Waals surface area contributed by atoms with Gasteiger partial charge in [-0.1, -0.05) is 23.7 Å². The van der Waals surface area contributed by atoms with E-state index < -0.39 is 0 Å². The van der Waals surface area contributed by atoms with E-state index in [-0.39, 0.29) is 0 Å². The Balaban J connectivity index is 1.56. The lowest BCUT2D eigenvalue weighted by atomic mass is 10.1. The molecule has 2 atom stereocenters. The number of halogens is 1. The highest BCUT2D eigenvalue weighted by Crippen LogP contribution is 2.30. The van der Waals surface area contributed by atoms with E-state index in [0.717, 1.165) is 11.1 Å². The van der Waals surface area contributed by atoms with Crippen molar-refractivity contribution in [1.82, 2.24) is 10.2 Å². The maximum absolute atomic E-state index is 6.04. The van der Waals surface area contributed by atoms with Gasteiger partial charge in [0.1, 0.15) is 0 Å². The van der Waals surface area contributed by atoms with Crippen LogP contribution in [0, 0.1) is 0 Å². The Hall–Kier alpha value is -0.570. The zero-order valence-corrected chi connectivity index (χ0v) is 11.7. The Morgan fingerprint density at radius 2 is 2.17 bits per heavy atom. The van der Waals surface area contributed by atoms with Crippen molar-refractivity contribution in [3.63, 3.8) is 0 Å². The van der Waals surface area contributed by atoms with Gasteiger partial charge in [0.2, 0.25) is 0 Å². The fourth-order valence-electron chi connectivity index (χ4n) is 2.92. The normalized spacial score (nSPS) is 26.4. The quantitative estimate of drug-likeness (QED) is 0.898. The third-order valence-corrected chi connectivity index (χ3v) is 4.35. The van der Waals surface area contributed by atoms with Crippen LogP contribution in [-0.2, 0) is 0 Å². The van der Waals surface area contributed by atoms with E-state index >= 15 is 0 Å². The van der Waals surface area contributed by atoms with Crippen molar-refractivity contribution in [2.75, 3.05) is 13.1 Å². The molecule has 1 unspecified atom stereocenters. The Labute approximate surface area is 114 Å². The molecule has 1 aliphatic heterocycles. The van der Waals surface area contributed by atoms with Gasteiger partial charge in [0.05, 0.1) is 0 Å². The van der Waals surface area contributed by atoms with Gasteiger partial charge in [0.25, 0.3) is 0 Å². The third kappa shape index (κ3) is 2.87. The number of hydrogen-bond acceptors (Lipinski definition) is 2. The average Bonchev–Trinajstić information content (AvgIpc) is 3.11. The molecule has 18 heavy (non-hydrogen) atoms. The average molecular weight is 265 g/mol. The van der Waals surface area contributed by atoms with Crippen LogP contribution in [-0.4, -0.2) is 30.1 Å². The summed E-state index contributed by atoms with van der Waals surface area (Å²) in [6, 6.07) is 10.1. The van der Waals surface area contributed by atoms with Gasteiger partial charge in [-0.05, 0) is 43.9 Å². The molecule has 0 radical (unpaired) electrons. The fraction of sp³-hybridized carbons (Fsp3) is 0.600. The van der Waals surface area contributed by atoms with E-state index in [1.165, 1.54) is 37.9 Å². The summed E-state index contributed by atoms with van der Waals surface area (Å²) < 4.78 is 0. The molecule has 1 saturated heterocycles. The summed E-state index contributed by atoms with van der Waals surface area (Å²) in [6.07, 6.45) is 4.11. The van der Waals surface area contributed by atoms with Crippen LogP contribution < -0.4 is 5.32 Å². The smallest absolute Gasteiger partial charge is 0.0409 e. The Bertz CT molecular complexity index is 417. The maximum atomic E-state index is 6.04. The Kier molecular flexibility index (Phi) is 3.60. The van der Waals surface area contributed by atoms with Crippen LogP contribution in [0.5, 0.6) is 0 Å². The van der Waals surface area contributed by atoms with E-state index in [2.05, 4.69) is 29.3 Å². The molecule has 1 saturated carbocycles. The van der Waals surface area contributed by atoms with E-state index in [4.69, 9.17) is 11.6 Å². The highest BCUT2D eigenvalue weighted by atomic mass is 35.5. The molecular formula is C15H21ClN2. The zero-order chi connectivity index (χ0) is 12.5. The van der Waals surface area contributed by atoms with Crippen molar-refractivity contribution >= 4 is 11.6 Å². The van der Waals surface area contributed by atoms with E-state index in [9.17, 15) is 0 Å². The largest absolute Gasteiger partial charge is 0.306 e. The summed E-state index contributed by atoms with van der Waals surface area (Å²) in [4.78, 5) is 2.64. The van der Waals surface area contributed by atoms with E-state index in [1.54, 1.807) is 0 Å². The fourth-order valence-corrected chi connectivity index (χ4v) is 3.12. The molecular weight excluding hydrogens is 244 g/mol. The van der Waals surface area contributed by atoms with Gasteiger partial charge in [-0.15, -0.1) is 0 Å². The van der Waals surface area contributed by atoms with Crippen molar-refractivity contribution in [1.29, 1.82) is 0 Å². The van der Waals surface area contributed by atoms with Gasteiger partial charge in [-0.3, -0.25) is 4.90 Å². The van der Waals surface area contributed by atoms with Crippen molar-refractivity contribution < 1.29 is 0 Å². The van der Waals surface area contributed by atoms with E-state index in [0.29, 0.717) is 12.1 Å². The topological polar surface area (TPSA) is 15.3 Å². The van der Waals surface area contributed by atoms with Crippen molar-refractivity contribution in [3.8, 4) is 0 Å². The van der Waals surface area contributed by atoms with Crippen molar-refractivity contribution in [3.05, 3.63) is 34.9 Å². The van der Waals surface area contributed by atoms with Crippen molar-refractivity contribution in [2.45, 2.75) is 44.3 Å². The summed E-state index contributed by atoms with van der Waals surface area (Å²) in [5, 5.41) is 4.56. The summed E-state index contributed by atoms with van der Waals surface area (Å²) in [5.74, 6) is 0. The number of benzene rings is 1. The van der Waals surface area contributed by atoms with Crippen LogP contribution in [0.3, 0.4) is 0 Å². The monoisotopic (exact) mass is 264 g/mol. The lowest BCUT2D eigenvalue weighted by molar-refractivity contribution is 0.313. The minimum absolute atomic E-state index is 0.382. The second kappa shape index (κ2) is 5.20. The van der Waals surface area contributed by atoms with Crippen LogP contribution in [0.15, 0.2) is 24.3 Å². The molecule has 0 amide bonds. The molecule has 0 spiro atoms. The van der Waals surface area contributed by atoms with Crippen LogP contribution in [0.2, 0.25) is 5.02 Å². The highest BCUT2D eigenvalue weighted by molar-refractivity contribution is 6.30. The number of nitrogens with one attached hydrogen (secondary N) is 1. The molecule has 2 nitrogen and oxygen atoms in total. The van der Waals surface area contributed by atoms with Gasteiger partial charge in [0.15, 0.2) is 0 Å². The minimum atomic E-state index is 0.382. The Morgan fingerprint density at radius 1 is 1.33 bits per heavy atom. The first-order chi connectivity index (χ1) is 8.72. The second-order valence-corrected chi connectivity index (χ2v) is 6.09. The molecule has 0 bridgehead atoms. The predicted molar refractivity (Wildman–Crippen MR) is 76.0 cm³/mol. The van der Waals surface area contributed by atoms with E-state index in [1.807, 2.05) is 12.1 Å². The summed E-state index contributed by atoms with van der Waals surface area (Å²) in [5.41, 5.74) is 1.28. The Morgan fingerprint density at radius 3 is 2.89 bits per heavy atom. The number of likely N-dealkylation sites (tertiary alicyclic amines) is 1. The summed E-state index contributed by atoms with van der Waals surface area (Å²) in [7, 11) is 0. The molecule has 3 rings (SSSR count). The van der Waals surface area contributed by atoms with Crippen molar-refractivity contribution in [2.24, 2.45) is 0 Å². The second-order valence-electron chi connectivity index (χ2n) is 5.66. The van der Waals surface area contributed by atoms with Crippen LogP contribution in [0.4, 0.5) is 0 Å². The van der Waals surface area contributed by atoms with Crippen LogP contribution in [0.1, 0.15) is 37.8 Å². The van der Waals surface area contributed by atoms with Gasteiger partial charge < -0.3 is 5.32 Å². The highest BCUT2D eigenvalue weighted by Gasteiger charge is 2.34. The first-order valence-electron chi connectivity index (χ1n) is 6.98. The minimum Gasteiger partial charge on any atom is -0.306 e. The molecule has 2 fully saturated rings. The molecule has 1 aromatic rings. The predicted octanol–water partition coefficient (Wildman–Crippen LogP) is 3.23. The lowest BCUT2D eigenvalue weighted by Crippen LogP contribution is -2.34. The van der Waals surface area contributed by atoms with Crippen LogP contribution >= 0.6 is 11.6 Å². The maximum Gasteiger partial charge on any atom is 0.0409 e. The summed E-state index contributed by atoms with van der Waals surface area (Å²) in [6.45, 7) is 4.71. The molecule has 1 heterocycles. The molecule has 1 N–H and O–H groups in total. The zero-order valence-electron chi connectivity index (χ0n) is 10.9. The number of hydrogen-bond donors (Lipinski definition) is 1. The first-order valence-corrected chi connectivity index (χ1v) is 7.36. The standard InChI is InChI=1S/C15H21ClN2/c1-11(12-3-2-4-13(16)9-12)17-14-7-8-18(10-14)15-5-6-15/h2-4,9,11,14-15,17H,5-8,10H2,1H3/t11-,14?/m1/s1. The number of rotatable bonds is 4. The SMILES string of the molecule is C[C@@H](NC1CCN(C2CC2)C1)c1cccc(Cl)c1.